The number of amides is 1. The van der Waals surface area contributed by atoms with Gasteiger partial charge in [-0.05, 0) is 31.9 Å². The minimum absolute atomic E-state index is 0.0764. The molecule has 5 heteroatoms. The van der Waals surface area contributed by atoms with Crippen molar-refractivity contribution in [2.24, 2.45) is 0 Å². The van der Waals surface area contributed by atoms with E-state index >= 15 is 0 Å². The molecule has 1 aromatic carbocycles. The first-order chi connectivity index (χ1) is 10.1. The third-order valence-corrected chi connectivity index (χ3v) is 2.87. The highest BCUT2D eigenvalue weighted by Crippen LogP contribution is 2.15. The van der Waals surface area contributed by atoms with Crippen molar-refractivity contribution in [3.8, 4) is 5.75 Å². The van der Waals surface area contributed by atoms with E-state index in [0.29, 0.717) is 39.0 Å². The lowest BCUT2D eigenvalue weighted by Crippen LogP contribution is -2.26. The molecule has 0 heterocycles. The Hall–Kier alpha value is -2.04. The number of aryl methyl sites for hydroxylation is 1. The molecule has 0 fully saturated rings. The third-order valence-electron chi connectivity index (χ3n) is 2.87. The largest absolute Gasteiger partial charge is 0.493 e. The van der Waals surface area contributed by atoms with Crippen LogP contribution < -0.4 is 10.1 Å². The first-order valence-corrected chi connectivity index (χ1v) is 7.24. The molecule has 0 radical (unpaired) electrons. The first-order valence-electron chi connectivity index (χ1n) is 7.24. The number of para-hydroxylation sites is 1. The Bertz CT molecular complexity index is 459. The normalized spacial score (nSPS) is 10.0. The summed E-state index contributed by atoms with van der Waals surface area (Å²) in [5.41, 5.74) is 1.05. The zero-order valence-corrected chi connectivity index (χ0v) is 12.7. The molecular weight excluding hydrogens is 270 g/mol. The summed E-state index contributed by atoms with van der Waals surface area (Å²) in [6.07, 6.45) is 1.21. The molecule has 0 saturated carbocycles. The van der Waals surface area contributed by atoms with Crippen molar-refractivity contribution in [1.29, 1.82) is 0 Å². The van der Waals surface area contributed by atoms with Crippen molar-refractivity contribution < 1.29 is 19.1 Å². The van der Waals surface area contributed by atoms with E-state index in [0.717, 1.165) is 11.3 Å². The van der Waals surface area contributed by atoms with Crippen LogP contribution in [0.5, 0.6) is 5.75 Å². The van der Waals surface area contributed by atoms with E-state index in [1.807, 2.05) is 31.2 Å². The zero-order chi connectivity index (χ0) is 15.5. The van der Waals surface area contributed by atoms with Gasteiger partial charge in [-0.1, -0.05) is 18.2 Å². The average molecular weight is 293 g/mol. The van der Waals surface area contributed by atoms with E-state index in [-0.39, 0.29) is 11.9 Å². The molecule has 1 rings (SSSR count). The molecule has 116 valence electrons. The lowest BCUT2D eigenvalue weighted by Gasteiger charge is -2.09. The van der Waals surface area contributed by atoms with Gasteiger partial charge in [-0.25, -0.2) is 0 Å². The summed E-state index contributed by atoms with van der Waals surface area (Å²) in [7, 11) is 0. The van der Waals surface area contributed by atoms with E-state index in [9.17, 15) is 9.59 Å². The van der Waals surface area contributed by atoms with Crippen LogP contribution in [0.15, 0.2) is 24.3 Å². The summed E-state index contributed by atoms with van der Waals surface area (Å²) < 4.78 is 10.4. The number of ether oxygens (including phenoxy) is 2. The molecule has 0 atom stereocenters. The smallest absolute Gasteiger partial charge is 0.305 e. The maximum atomic E-state index is 11.6. The van der Waals surface area contributed by atoms with Crippen molar-refractivity contribution in [1.82, 2.24) is 5.32 Å². The Labute approximate surface area is 125 Å². The van der Waals surface area contributed by atoms with Crippen LogP contribution in [0.1, 0.15) is 31.7 Å². The zero-order valence-electron chi connectivity index (χ0n) is 12.7. The fraction of sp³-hybridized carbons (Fsp3) is 0.500. The number of rotatable bonds is 9. The number of carbonyl (C=O) groups is 2. The summed E-state index contributed by atoms with van der Waals surface area (Å²) in [4.78, 5) is 22.7. The second-order valence-corrected chi connectivity index (χ2v) is 4.62. The minimum Gasteiger partial charge on any atom is -0.493 e. The number of carbonyl (C=O) groups excluding carboxylic acids is 2. The van der Waals surface area contributed by atoms with Gasteiger partial charge >= 0.3 is 5.97 Å². The number of benzene rings is 1. The van der Waals surface area contributed by atoms with E-state index in [1.165, 1.54) is 0 Å². The third kappa shape index (κ3) is 7.34. The standard InChI is InChI=1S/C16H23NO4/c1-3-20-16(19)9-6-11-17-15(18)10-12-21-14-8-5-4-7-13(14)2/h4-5,7-8H,3,6,9-12H2,1-2H3,(H,17,18). The van der Waals surface area contributed by atoms with Gasteiger partial charge < -0.3 is 14.8 Å². The summed E-state index contributed by atoms with van der Waals surface area (Å²) >= 11 is 0. The number of hydrogen-bond acceptors (Lipinski definition) is 4. The molecule has 0 unspecified atom stereocenters. The minimum atomic E-state index is -0.227. The molecule has 1 N–H and O–H groups in total. The van der Waals surface area contributed by atoms with Gasteiger partial charge in [0.2, 0.25) is 5.91 Å². The monoisotopic (exact) mass is 293 g/mol. The predicted molar refractivity (Wildman–Crippen MR) is 80.2 cm³/mol. The molecule has 1 amide bonds. The van der Waals surface area contributed by atoms with Gasteiger partial charge in [0.1, 0.15) is 5.75 Å². The molecule has 0 bridgehead atoms. The van der Waals surface area contributed by atoms with Gasteiger partial charge in [-0.2, -0.15) is 0 Å². The van der Waals surface area contributed by atoms with Crippen LogP contribution >= 0.6 is 0 Å². The lowest BCUT2D eigenvalue weighted by atomic mass is 10.2. The molecule has 1 aromatic rings. The second kappa shape index (κ2) is 9.80. The maximum Gasteiger partial charge on any atom is 0.305 e. The van der Waals surface area contributed by atoms with Crippen LogP contribution in [0.4, 0.5) is 0 Å². The topological polar surface area (TPSA) is 64.6 Å². The van der Waals surface area contributed by atoms with Crippen LogP contribution in [0.2, 0.25) is 0 Å². The molecule has 0 spiro atoms. The van der Waals surface area contributed by atoms with Crippen molar-refractivity contribution in [3.05, 3.63) is 29.8 Å². The highest BCUT2D eigenvalue weighted by atomic mass is 16.5. The SMILES string of the molecule is CCOC(=O)CCCNC(=O)CCOc1ccccc1C. The molecule has 5 nitrogen and oxygen atoms in total. The second-order valence-electron chi connectivity index (χ2n) is 4.62. The van der Waals surface area contributed by atoms with Crippen LogP contribution in [-0.4, -0.2) is 31.6 Å². The van der Waals surface area contributed by atoms with Crippen molar-refractivity contribution >= 4 is 11.9 Å². The molecule has 0 aromatic heterocycles. The molecule has 0 aliphatic rings. The highest BCUT2D eigenvalue weighted by molar-refractivity contribution is 5.76. The van der Waals surface area contributed by atoms with E-state index in [4.69, 9.17) is 9.47 Å². The van der Waals surface area contributed by atoms with Gasteiger partial charge in [0.25, 0.3) is 0 Å². The fourth-order valence-electron chi connectivity index (χ4n) is 1.75. The Balaban J connectivity index is 2.09. The fourth-order valence-corrected chi connectivity index (χ4v) is 1.75. The Morgan fingerprint density at radius 3 is 2.67 bits per heavy atom. The first kappa shape index (κ1) is 17.0. The summed E-state index contributed by atoms with van der Waals surface area (Å²) in [6, 6.07) is 7.69. The van der Waals surface area contributed by atoms with E-state index < -0.39 is 0 Å². The maximum absolute atomic E-state index is 11.6. The number of hydrogen-bond donors (Lipinski definition) is 1. The Kier molecular flexibility index (Phi) is 7.94. The van der Waals surface area contributed by atoms with Crippen molar-refractivity contribution in [2.75, 3.05) is 19.8 Å². The molecule has 0 saturated heterocycles. The van der Waals surface area contributed by atoms with Gasteiger partial charge in [-0.3, -0.25) is 9.59 Å². The average Bonchev–Trinajstić information content (AvgIpc) is 2.46. The predicted octanol–water partition coefficient (Wildman–Crippen LogP) is 2.22. The molecular formula is C16H23NO4. The van der Waals surface area contributed by atoms with Crippen LogP contribution in [0.25, 0.3) is 0 Å². The van der Waals surface area contributed by atoms with Gasteiger partial charge in [0.05, 0.1) is 19.6 Å². The summed E-state index contributed by atoms with van der Waals surface area (Å²) in [5.74, 6) is 0.495. The van der Waals surface area contributed by atoms with Crippen LogP contribution in [0, 0.1) is 6.92 Å². The van der Waals surface area contributed by atoms with Crippen LogP contribution in [0.3, 0.4) is 0 Å². The highest BCUT2D eigenvalue weighted by Gasteiger charge is 2.04. The number of esters is 1. The van der Waals surface area contributed by atoms with E-state index in [2.05, 4.69) is 5.32 Å². The summed E-state index contributed by atoms with van der Waals surface area (Å²) in [5, 5.41) is 2.75. The van der Waals surface area contributed by atoms with Crippen molar-refractivity contribution in [2.45, 2.75) is 33.1 Å². The lowest BCUT2D eigenvalue weighted by molar-refractivity contribution is -0.143. The Morgan fingerprint density at radius 2 is 1.95 bits per heavy atom. The summed E-state index contributed by atoms with van der Waals surface area (Å²) in [6.45, 7) is 4.94. The molecule has 21 heavy (non-hydrogen) atoms. The van der Waals surface area contributed by atoms with Gasteiger partial charge in [0, 0.05) is 13.0 Å². The quantitative estimate of drug-likeness (QED) is 0.560. The number of nitrogens with one attached hydrogen (secondary N) is 1. The molecule has 0 aliphatic heterocycles. The van der Waals surface area contributed by atoms with Gasteiger partial charge in [0.15, 0.2) is 0 Å². The Morgan fingerprint density at radius 1 is 1.19 bits per heavy atom. The van der Waals surface area contributed by atoms with Crippen LogP contribution in [-0.2, 0) is 14.3 Å². The van der Waals surface area contributed by atoms with Gasteiger partial charge in [-0.15, -0.1) is 0 Å². The van der Waals surface area contributed by atoms with E-state index in [1.54, 1.807) is 6.92 Å². The molecule has 0 aliphatic carbocycles. The van der Waals surface area contributed by atoms with Crippen molar-refractivity contribution in [3.63, 3.8) is 0 Å².